The molecule has 1 rings (SSSR count). The Kier molecular flexibility index (Phi) is 5.38. The number of imidazole rings is 1. The smallest absolute Gasteiger partial charge is 0.244 e. The minimum Gasteiger partial charge on any atom is -0.394 e. The van der Waals surface area contributed by atoms with Gasteiger partial charge in [0.2, 0.25) is 5.91 Å². The number of hydrogen-bond acceptors (Lipinski definition) is 4. The van der Waals surface area contributed by atoms with Gasteiger partial charge in [-0.05, 0) is 14.1 Å². The zero-order valence-electron chi connectivity index (χ0n) is 10.1. The average molecular weight is 238 g/mol. The highest BCUT2D eigenvalue weighted by Gasteiger charge is 2.13. The molecule has 1 atom stereocenters. The maximum atomic E-state index is 11.5. The van der Waals surface area contributed by atoms with Gasteiger partial charge in [0.25, 0.3) is 0 Å². The molecule has 0 saturated carbocycles. The first kappa shape index (κ1) is 13.4. The lowest BCUT2D eigenvalue weighted by molar-refractivity contribution is -0.117. The zero-order chi connectivity index (χ0) is 12.7. The molecule has 0 aliphatic heterocycles. The van der Waals surface area contributed by atoms with Crippen LogP contribution in [0, 0.1) is 0 Å². The molecule has 1 aromatic heterocycles. The zero-order valence-corrected chi connectivity index (χ0v) is 10.1. The van der Waals surface area contributed by atoms with E-state index >= 15 is 0 Å². The standard InChI is InChI=1S/C11H18N4O2/c1-15(2)7-3-4-10(17)14-9(8-16)11-12-5-6-13-11/h3-6,9,16H,7-8H2,1-2H3,(H,12,13)(H,14,17)/b4-3+. The van der Waals surface area contributed by atoms with Crippen molar-refractivity contribution in [3.05, 3.63) is 30.4 Å². The number of aromatic amines is 1. The van der Waals surface area contributed by atoms with Gasteiger partial charge in [0.1, 0.15) is 11.9 Å². The summed E-state index contributed by atoms with van der Waals surface area (Å²) in [6.45, 7) is 0.499. The van der Waals surface area contributed by atoms with Crippen molar-refractivity contribution in [2.45, 2.75) is 6.04 Å². The Morgan fingerprint density at radius 3 is 3.00 bits per heavy atom. The number of H-pyrrole nitrogens is 1. The average Bonchev–Trinajstić information content (AvgIpc) is 2.78. The van der Waals surface area contributed by atoms with Crippen LogP contribution < -0.4 is 5.32 Å². The summed E-state index contributed by atoms with van der Waals surface area (Å²) in [7, 11) is 3.84. The highest BCUT2D eigenvalue weighted by atomic mass is 16.3. The predicted octanol–water partition coefficient (Wildman–Crippen LogP) is -0.323. The summed E-state index contributed by atoms with van der Waals surface area (Å²) in [6, 6.07) is -0.499. The molecule has 0 aliphatic carbocycles. The van der Waals surface area contributed by atoms with Crippen molar-refractivity contribution in [2.24, 2.45) is 0 Å². The Morgan fingerprint density at radius 2 is 2.47 bits per heavy atom. The van der Waals surface area contributed by atoms with Crippen LogP contribution in [0.2, 0.25) is 0 Å². The number of hydrogen-bond donors (Lipinski definition) is 3. The van der Waals surface area contributed by atoms with Gasteiger partial charge in [-0.3, -0.25) is 4.79 Å². The molecule has 94 valence electrons. The molecule has 0 fully saturated rings. The number of likely N-dealkylation sites (N-methyl/N-ethyl adjacent to an activating group) is 1. The van der Waals surface area contributed by atoms with Crippen LogP contribution in [0.3, 0.4) is 0 Å². The van der Waals surface area contributed by atoms with Crippen LogP contribution in [0.1, 0.15) is 11.9 Å². The Hall–Kier alpha value is -1.66. The highest BCUT2D eigenvalue weighted by Crippen LogP contribution is 2.05. The molecule has 0 radical (unpaired) electrons. The third-order valence-corrected chi connectivity index (χ3v) is 2.09. The van der Waals surface area contributed by atoms with Gasteiger partial charge in [0.15, 0.2) is 0 Å². The third kappa shape index (κ3) is 4.80. The number of rotatable bonds is 6. The van der Waals surface area contributed by atoms with E-state index < -0.39 is 6.04 Å². The lowest BCUT2D eigenvalue weighted by atomic mass is 10.3. The fourth-order valence-corrected chi connectivity index (χ4v) is 1.26. The maximum Gasteiger partial charge on any atom is 0.244 e. The Bertz CT molecular complexity index is 360. The van der Waals surface area contributed by atoms with E-state index in [4.69, 9.17) is 5.11 Å². The second kappa shape index (κ2) is 6.82. The molecule has 0 saturated heterocycles. The summed E-state index contributed by atoms with van der Waals surface area (Å²) in [4.78, 5) is 20.3. The minimum absolute atomic E-state index is 0.194. The Labute approximate surface area is 100 Å². The second-order valence-corrected chi connectivity index (χ2v) is 3.88. The van der Waals surface area contributed by atoms with Crippen molar-refractivity contribution in [1.82, 2.24) is 20.2 Å². The van der Waals surface area contributed by atoms with Gasteiger partial charge in [-0.15, -0.1) is 0 Å². The normalized spacial score (nSPS) is 13.2. The van der Waals surface area contributed by atoms with Crippen molar-refractivity contribution >= 4 is 5.91 Å². The Morgan fingerprint density at radius 1 is 1.71 bits per heavy atom. The number of nitrogens with one attached hydrogen (secondary N) is 2. The highest BCUT2D eigenvalue weighted by molar-refractivity contribution is 5.87. The number of aliphatic hydroxyl groups excluding tert-OH is 1. The van der Waals surface area contributed by atoms with Gasteiger partial charge in [0.05, 0.1) is 6.61 Å². The molecule has 3 N–H and O–H groups in total. The fraction of sp³-hybridized carbons (Fsp3) is 0.455. The van der Waals surface area contributed by atoms with Gasteiger partial charge in [-0.1, -0.05) is 6.08 Å². The largest absolute Gasteiger partial charge is 0.394 e. The summed E-state index contributed by atoms with van der Waals surface area (Å²) < 4.78 is 0. The molecule has 0 aromatic carbocycles. The Balaban J connectivity index is 2.46. The number of aliphatic hydroxyl groups is 1. The van der Waals surface area contributed by atoms with Gasteiger partial charge >= 0.3 is 0 Å². The summed E-state index contributed by atoms with van der Waals surface area (Å²) in [5.74, 6) is 0.296. The molecule has 1 amide bonds. The maximum absolute atomic E-state index is 11.5. The van der Waals surface area contributed by atoms with E-state index in [2.05, 4.69) is 15.3 Å². The number of aromatic nitrogens is 2. The second-order valence-electron chi connectivity index (χ2n) is 3.88. The molecule has 1 aromatic rings. The van der Waals surface area contributed by atoms with E-state index in [1.54, 1.807) is 18.5 Å². The predicted molar refractivity (Wildman–Crippen MR) is 64.3 cm³/mol. The quantitative estimate of drug-likeness (QED) is 0.593. The number of nitrogens with zero attached hydrogens (tertiary/aromatic N) is 2. The van der Waals surface area contributed by atoms with Crippen LogP contribution in [0.5, 0.6) is 0 Å². The van der Waals surface area contributed by atoms with E-state index in [1.807, 2.05) is 19.0 Å². The van der Waals surface area contributed by atoms with Crippen LogP contribution >= 0.6 is 0 Å². The lowest BCUT2D eigenvalue weighted by Crippen LogP contribution is -2.30. The molecule has 1 unspecified atom stereocenters. The molecule has 0 bridgehead atoms. The van der Waals surface area contributed by atoms with E-state index in [1.165, 1.54) is 6.08 Å². The molecule has 6 nitrogen and oxygen atoms in total. The monoisotopic (exact) mass is 238 g/mol. The van der Waals surface area contributed by atoms with Crippen molar-refractivity contribution in [3.63, 3.8) is 0 Å². The van der Waals surface area contributed by atoms with Crippen LogP contribution in [0.25, 0.3) is 0 Å². The minimum atomic E-state index is -0.499. The molecule has 0 aliphatic rings. The third-order valence-electron chi connectivity index (χ3n) is 2.09. The molecule has 6 heteroatoms. The SMILES string of the molecule is CN(C)C/C=C/C(=O)NC(CO)c1ncc[nH]1. The number of amides is 1. The first-order chi connectivity index (χ1) is 8.13. The summed E-state index contributed by atoms with van der Waals surface area (Å²) in [6.07, 6.45) is 6.43. The molecular formula is C11H18N4O2. The molecule has 17 heavy (non-hydrogen) atoms. The van der Waals surface area contributed by atoms with Crippen molar-refractivity contribution in [3.8, 4) is 0 Å². The lowest BCUT2D eigenvalue weighted by Gasteiger charge is -2.12. The first-order valence-electron chi connectivity index (χ1n) is 5.35. The van der Waals surface area contributed by atoms with Gasteiger partial charge in [-0.2, -0.15) is 0 Å². The van der Waals surface area contributed by atoms with Crippen LogP contribution in [0.4, 0.5) is 0 Å². The van der Waals surface area contributed by atoms with Crippen molar-refractivity contribution < 1.29 is 9.90 Å². The van der Waals surface area contributed by atoms with E-state index in [9.17, 15) is 4.79 Å². The first-order valence-corrected chi connectivity index (χ1v) is 5.35. The summed E-state index contributed by atoms with van der Waals surface area (Å²) in [5.41, 5.74) is 0. The number of carbonyl (C=O) groups excluding carboxylic acids is 1. The van der Waals surface area contributed by atoms with Gasteiger partial charge in [-0.25, -0.2) is 4.98 Å². The van der Waals surface area contributed by atoms with Crippen molar-refractivity contribution in [2.75, 3.05) is 27.2 Å². The summed E-state index contributed by atoms with van der Waals surface area (Å²) >= 11 is 0. The molecular weight excluding hydrogens is 220 g/mol. The summed E-state index contributed by atoms with van der Waals surface area (Å²) in [5, 5.41) is 11.8. The van der Waals surface area contributed by atoms with E-state index in [0.717, 1.165) is 0 Å². The van der Waals surface area contributed by atoms with Crippen LogP contribution in [-0.4, -0.2) is 53.1 Å². The molecule has 1 heterocycles. The van der Waals surface area contributed by atoms with Crippen LogP contribution in [0.15, 0.2) is 24.5 Å². The van der Waals surface area contributed by atoms with Gasteiger partial charge < -0.3 is 20.3 Å². The number of carbonyl (C=O) groups is 1. The topological polar surface area (TPSA) is 81.2 Å². The van der Waals surface area contributed by atoms with Gasteiger partial charge in [0, 0.05) is 25.0 Å². The van der Waals surface area contributed by atoms with E-state index in [0.29, 0.717) is 12.4 Å². The van der Waals surface area contributed by atoms with E-state index in [-0.39, 0.29) is 12.5 Å². The fourth-order valence-electron chi connectivity index (χ4n) is 1.26. The van der Waals surface area contributed by atoms with Crippen molar-refractivity contribution in [1.29, 1.82) is 0 Å². The van der Waals surface area contributed by atoms with Crippen LogP contribution in [-0.2, 0) is 4.79 Å². The molecule has 0 spiro atoms.